The van der Waals surface area contributed by atoms with Crippen molar-refractivity contribution in [3.8, 4) is 5.75 Å². The van der Waals surface area contributed by atoms with Gasteiger partial charge in [-0.05, 0) is 31.9 Å². The molecule has 1 saturated heterocycles. The molecule has 0 bridgehead atoms. The molecule has 2 amide bonds. The fraction of sp³-hybridized carbons (Fsp3) is 0.478. The molecule has 2 N–H and O–H groups in total. The molecule has 0 radical (unpaired) electrons. The van der Waals surface area contributed by atoms with E-state index in [1.54, 1.807) is 13.1 Å². The molecule has 10 heteroatoms. The molecule has 1 atom stereocenters. The van der Waals surface area contributed by atoms with Gasteiger partial charge < -0.3 is 20.3 Å². The van der Waals surface area contributed by atoms with Crippen molar-refractivity contribution in [2.75, 3.05) is 43.4 Å². The molecule has 2 aromatic heterocycles. The van der Waals surface area contributed by atoms with Crippen molar-refractivity contribution >= 4 is 23.2 Å². The van der Waals surface area contributed by atoms with Gasteiger partial charge in [-0.2, -0.15) is 0 Å². The summed E-state index contributed by atoms with van der Waals surface area (Å²) >= 11 is 0. The lowest BCUT2D eigenvalue weighted by molar-refractivity contribution is -0.124. The van der Waals surface area contributed by atoms with Gasteiger partial charge in [0.15, 0.2) is 17.7 Å². The number of fused-ring (bicyclic) bond motifs is 1. The third kappa shape index (κ3) is 4.22. The molecule has 0 aromatic carbocycles. The summed E-state index contributed by atoms with van der Waals surface area (Å²) < 4.78 is 20.9. The molecule has 1 aliphatic carbocycles. The van der Waals surface area contributed by atoms with Crippen LogP contribution in [0, 0.1) is 18.7 Å². The van der Waals surface area contributed by atoms with E-state index in [0.717, 1.165) is 50.4 Å². The summed E-state index contributed by atoms with van der Waals surface area (Å²) in [7, 11) is 1.58. The van der Waals surface area contributed by atoms with E-state index in [9.17, 15) is 9.59 Å². The van der Waals surface area contributed by atoms with Crippen molar-refractivity contribution in [2.45, 2.75) is 32.4 Å². The van der Waals surface area contributed by atoms with E-state index in [1.807, 2.05) is 13.0 Å². The van der Waals surface area contributed by atoms with Crippen LogP contribution in [0.15, 0.2) is 18.3 Å². The fourth-order valence-corrected chi connectivity index (χ4v) is 4.42. The van der Waals surface area contributed by atoms with Gasteiger partial charge in [0.25, 0.3) is 11.8 Å². The molecule has 4 heterocycles. The smallest absolute Gasteiger partial charge is 0.269 e. The van der Waals surface area contributed by atoms with Gasteiger partial charge in [0, 0.05) is 45.7 Å². The number of carbonyl (C=O) groups is 2. The van der Waals surface area contributed by atoms with Crippen molar-refractivity contribution in [3.05, 3.63) is 41.2 Å². The van der Waals surface area contributed by atoms with Crippen molar-refractivity contribution in [1.82, 2.24) is 20.2 Å². The molecule has 5 rings (SSSR count). The van der Waals surface area contributed by atoms with E-state index in [0.29, 0.717) is 23.7 Å². The number of piperazine rings is 1. The Hall–Kier alpha value is -3.27. The monoisotopic (exact) mass is 454 g/mol. The van der Waals surface area contributed by atoms with Gasteiger partial charge in [0.05, 0.1) is 23.3 Å². The molecule has 33 heavy (non-hydrogen) atoms. The maximum absolute atomic E-state index is 15.1. The number of rotatable bonds is 5. The van der Waals surface area contributed by atoms with E-state index in [2.05, 4.69) is 30.4 Å². The first-order valence-electron chi connectivity index (χ1n) is 11.3. The third-order valence-corrected chi connectivity index (χ3v) is 6.47. The Balaban J connectivity index is 1.23. The van der Waals surface area contributed by atoms with E-state index >= 15 is 4.39 Å². The normalized spacial score (nSPS) is 20.6. The predicted molar refractivity (Wildman–Crippen MR) is 120 cm³/mol. The summed E-state index contributed by atoms with van der Waals surface area (Å²) in [4.78, 5) is 37.1. The minimum Gasteiger partial charge on any atom is -0.476 e. The summed E-state index contributed by atoms with van der Waals surface area (Å²) in [5.41, 5.74) is 2.57. The number of anilines is 2. The van der Waals surface area contributed by atoms with E-state index < -0.39 is 11.9 Å². The fourth-order valence-electron chi connectivity index (χ4n) is 4.42. The van der Waals surface area contributed by atoms with Gasteiger partial charge in [0.2, 0.25) is 0 Å². The zero-order chi connectivity index (χ0) is 23.1. The average molecular weight is 455 g/mol. The Morgan fingerprint density at radius 3 is 2.70 bits per heavy atom. The van der Waals surface area contributed by atoms with Crippen molar-refractivity contribution < 1.29 is 18.7 Å². The summed E-state index contributed by atoms with van der Waals surface area (Å²) in [6.45, 7) is 5.18. The highest BCUT2D eigenvalue weighted by Gasteiger charge is 2.42. The van der Waals surface area contributed by atoms with Crippen molar-refractivity contribution in [3.63, 3.8) is 0 Å². The number of hydrogen-bond acceptors (Lipinski definition) is 7. The van der Waals surface area contributed by atoms with Crippen LogP contribution < -0.4 is 20.3 Å². The zero-order valence-corrected chi connectivity index (χ0v) is 18.7. The predicted octanol–water partition coefficient (Wildman–Crippen LogP) is 1.72. The molecular formula is C23H27FN6O3. The number of aromatic nitrogens is 2. The van der Waals surface area contributed by atoms with Crippen LogP contribution in [0.4, 0.5) is 15.8 Å². The minimum atomic E-state index is -0.541. The lowest BCUT2D eigenvalue weighted by Crippen LogP contribution is -2.46. The van der Waals surface area contributed by atoms with E-state index in [4.69, 9.17) is 4.74 Å². The summed E-state index contributed by atoms with van der Waals surface area (Å²) in [5, 5.41) is 5.27. The topological polar surface area (TPSA) is 99.7 Å². The lowest BCUT2D eigenvalue weighted by atomic mass is 10.1. The first kappa shape index (κ1) is 21.6. The number of hydrogen-bond donors (Lipinski definition) is 2. The van der Waals surface area contributed by atoms with Gasteiger partial charge in [-0.25, -0.2) is 9.37 Å². The summed E-state index contributed by atoms with van der Waals surface area (Å²) in [6.07, 6.45) is 2.89. The lowest BCUT2D eigenvalue weighted by Gasteiger charge is -2.36. The zero-order valence-electron chi connectivity index (χ0n) is 18.7. The Morgan fingerprint density at radius 1 is 1.27 bits per heavy atom. The summed E-state index contributed by atoms with van der Waals surface area (Å²) in [6, 6.07) is 3.65. The molecule has 2 aromatic rings. The van der Waals surface area contributed by atoms with Gasteiger partial charge in [-0.3, -0.25) is 19.5 Å². The number of pyridine rings is 2. The molecule has 2 aliphatic heterocycles. The highest BCUT2D eigenvalue weighted by atomic mass is 19.1. The Kier molecular flexibility index (Phi) is 5.61. The van der Waals surface area contributed by atoms with Crippen LogP contribution in [-0.4, -0.2) is 66.0 Å². The van der Waals surface area contributed by atoms with Gasteiger partial charge in [-0.1, -0.05) is 0 Å². The first-order chi connectivity index (χ1) is 15.9. The second-order valence-corrected chi connectivity index (χ2v) is 8.77. The Bertz CT molecular complexity index is 1100. The molecule has 9 nitrogen and oxygen atoms in total. The minimum absolute atomic E-state index is 0.0958. The molecule has 0 unspecified atom stereocenters. The maximum atomic E-state index is 15.1. The SMILES string of the molecule is CNC(=O)c1ccc(N2CCN(Cc3ncc4c(c3F)NC(=O)[C@@H](C3CC3)O4)CC2)c(C)n1. The second kappa shape index (κ2) is 8.58. The number of nitrogens with one attached hydrogen (secondary N) is 2. The van der Waals surface area contributed by atoms with Crippen LogP contribution in [0.25, 0.3) is 0 Å². The molecule has 0 spiro atoms. The number of carbonyl (C=O) groups excluding carboxylic acids is 2. The Labute approximate surface area is 191 Å². The van der Waals surface area contributed by atoms with E-state index in [-0.39, 0.29) is 23.4 Å². The van der Waals surface area contributed by atoms with Crippen LogP contribution in [-0.2, 0) is 11.3 Å². The average Bonchev–Trinajstić information content (AvgIpc) is 3.66. The number of aryl methyl sites for hydroxylation is 1. The summed E-state index contributed by atoms with van der Waals surface area (Å²) in [5.74, 6) is -0.487. The number of halogens is 1. The van der Waals surface area contributed by atoms with Crippen LogP contribution in [0.3, 0.4) is 0 Å². The maximum Gasteiger partial charge on any atom is 0.269 e. The molecular weight excluding hydrogens is 427 g/mol. The van der Waals surface area contributed by atoms with Gasteiger partial charge in [0.1, 0.15) is 11.4 Å². The second-order valence-electron chi connectivity index (χ2n) is 8.77. The number of ether oxygens (including phenoxy) is 1. The highest BCUT2D eigenvalue weighted by Crippen LogP contribution is 2.41. The van der Waals surface area contributed by atoms with Crippen molar-refractivity contribution in [2.24, 2.45) is 5.92 Å². The Morgan fingerprint density at radius 2 is 2.03 bits per heavy atom. The highest BCUT2D eigenvalue weighted by molar-refractivity contribution is 5.98. The van der Waals surface area contributed by atoms with Crippen LogP contribution in [0.1, 0.15) is 34.7 Å². The molecule has 3 aliphatic rings. The van der Waals surface area contributed by atoms with Gasteiger partial charge in [-0.15, -0.1) is 0 Å². The molecule has 1 saturated carbocycles. The first-order valence-corrected chi connectivity index (χ1v) is 11.3. The number of amides is 2. The third-order valence-electron chi connectivity index (χ3n) is 6.47. The standard InChI is InChI=1S/C23H27FN6O3/c1-13-17(6-5-15(27-13)22(31)25-2)30-9-7-29(8-10-30)12-16-19(24)20-18(11-26-16)33-21(14-3-4-14)23(32)28-20/h5-6,11,14,21H,3-4,7-10,12H2,1-2H3,(H,25,31)(H,28,32)/t21-/m1/s1. The number of nitrogens with zero attached hydrogens (tertiary/aromatic N) is 4. The van der Waals surface area contributed by atoms with Crippen LogP contribution in [0.2, 0.25) is 0 Å². The van der Waals surface area contributed by atoms with Gasteiger partial charge >= 0.3 is 0 Å². The van der Waals surface area contributed by atoms with E-state index in [1.165, 1.54) is 6.20 Å². The molecule has 2 fully saturated rings. The molecule has 174 valence electrons. The van der Waals surface area contributed by atoms with Crippen molar-refractivity contribution in [1.29, 1.82) is 0 Å². The van der Waals surface area contributed by atoms with Crippen LogP contribution in [0.5, 0.6) is 5.75 Å². The van der Waals surface area contributed by atoms with Crippen LogP contribution >= 0.6 is 0 Å². The quantitative estimate of drug-likeness (QED) is 0.710. The largest absolute Gasteiger partial charge is 0.476 e.